The van der Waals surface area contributed by atoms with Gasteiger partial charge in [-0.15, -0.1) is 0 Å². The minimum absolute atomic E-state index is 0.0380. The number of carbonyl (C=O) groups is 1. The van der Waals surface area contributed by atoms with Gasteiger partial charge in [0.2, 0.25) is 5.91 Å². The molecule has 5 rings (SSSR count). The Morgan fingerprint density at radius 2 is 1.58 bits per heavy atom. The lowest BCUT2D eigenvalue weighted by molar-refractivity contribution is -0.133. The van der Waals surface area contributed by atoms with Crippen molar-refractivity contribution in [3.05, 3.63) is 113 Å². The maximum atomic E-state index is 13.6. The molecule has 184 valence electrons. The zero-order valence-electron chi connectivity index (χ0n) is 21.3. The first-order chi connectivity index (χ1) is 17.6. The molecule has 0 radical (unpaired) electrons. The van der Waals surface area contributed by atoms with Crippen LogP contribution in [0.1, 0.15) is 34.6 Å². The molecular formula is C32H35N3O. The molecule has 0 N–H and O–H groups in total. The number of hydrogen-bond donors (Lipinski definition) is 0. The normalized spacial score (nSPS) is 15.6. The first-order valence-corrected chi connectivity index (χ1v) is 12.9. The van der Waals surface area contributed by atoms with E-state index in [0.717, 1.165) is 32.7 Å². The number of aryl methyl sites for hydroxylation is 2. The number of amides is 1. The highest BCUT2D eigenvalue weighted by molar-refractivity contribution is 5.86. The fourth-order valence-electron chi connectivity index (χ4n) is 5.24. The van der Waals surface area contributed by atoms with E-state index < -0.39 is 0 Å². The fourth-order valence-corrected chi connectivity index (χ4v) is 5.24. The first kappa shape index (κ1) is 24.1. The number of hydrogen-bond acceptors (Lipinski definition) is 2. The third-order valence-electron chi connectivity index (χ3n) is 7.36. The third kappa shape index (κ3) is 5.44. The molecule has 1 aromatic heterocycles. The van der Waals surface area contributed by atoms with E-state index in [-0.39, 0.29) is 11.8 Å². The van der Waals surface area contributed by atoms with Gasteiger partial charge in [0, 0.05) is 69.2 Å². The summed E-state index contributed by atoms with van der Waals surface area (Å²) in [6.07, 6.45) is 7.10. The Kier molecular flexibility index (Phi) is 7.33. The molecule has 1 unspecified atom stereocenters. The van der Waals surface area contributed by atoms with Crippen LogP contribution in [-0.4, -0.2) is 53.0 Å². The van der Waals surface area contributed by atoms with Gasteiger partial charge in [-0.25, -0.2) is 0 Å². The molecule has 0 saturated carbocycles. The summed E-state index contributed by atoms with van der Waals surface area (Å²) in [4.78, 5) is 18.0. The molecule has 4 nitrogen and oxygen atoms in total. The van der Waals surface area contributed by atoms with E-state index in [2.05, 4.69) is 119 Å². The lowest BCUT2D eigenvalue weighted by atomic mass is 9.87. The predicted octanol–water partition coefficient (Wildman–Crippen LogP) is 5.87. The lowest BCUT2D eigenvalue weighted by Gasteiger charge is -2.35. The molecule has 2 heterocycles. The summed E-state index contributed by atoms with van der Waals surface area (Å²) in [7, 11) is 2.09. The van der Waals surface area contributed by atoms with Crippen molar-refractivity contribution in [2.75, 3.05) is 32.7 Å². The Hall–Kier alpha value is -3.63. The quantitative estimate of drug-likeness (QED) is 0.333. The number of nitrogens with zero attached hydrogens (tertiary/aromatic N) is 3. The summed E-state index contributed by atoms with van der Waals surface area (Å²) in [5, 5.41) is 1.23. The van der Waals surface area contributed by atoms with Crippen LogP contribution in [0.25, 0.3) is 17.0 Å². The Labute approximate surface area is 214 Å². The molecule has 4 heteroatoms. The Balaban J connectivity index is 1.27. The van der Waals surface area contributed by atoms with Gasteiger partial charge in [0.05, 0.1) is 0 Å². The minimum Gasteiger partial charge on any atom is -0.350 e. The van der Waals surface area contributed by atoms with E-state index in [0.29, 0.717) is 6.42 Å². The summed E-state index contributed by atoms with van der Waals surface area (Å²) in [6, 6.07) is 27.6. The lowest BCUT2D eigenvalue weighted by Crippen LogP contribution is -2.48. The van der Waals surface area contributed by atoms with E-state index in [1.54, 1.807) is 0 Å². The van der Waals surface area contributed by atoms with Crippen LogP contribution in [-0.2, 0) is 11.8 Å². The summed E-state index contributed by atoms with van der Waals surface area (Å²) >= 11 is 0. The first-order valence-electron chi connectivity index (χ1n) is 12.9. The molecular weight excluding hydrogens is 442 g/mol. The van der Waals surface area contributed by atoms with Crippen LogP contribution in [0.15, 0.2) is 91.1 Å². The zero-order valence-corrected chi connectivity index (χ0v) is 21.3. The van der Waals surface area contributed by atoms with Crippen molar-refractivity contribution in [3.8, 4) is 0 Å². The van der Waals surface area contributed by atoms with Gasteiger partial charge >= 0.3 is 0 Å². The molecule has 3 aromatic carbocycles. The van der Waals surface area contributed by atoms with Gasteiger partial charge in [0.25, 0.3) is 0 Å². The van der Waals surface area contributed by atoms with Crippen molar-refractivity contribution < 1.29 is 4.79 Å². The molecule has 1 aliphatic rings. The average Bonchev–Trinajstić information content (AvgIpc) is 3.25. The van der Waals surface area contributed by atoms with Crippen molar-refractivity contribution in [1.82, 2.24) is 14.4 Å². The van der Waals surface area contributed by atoms with Gasteiger partial charge in [-0.3, -0.25) is 9.69 Å². The number of piperazine rings is 1. The molecule has 1 amide bonds. The van der Waals surface area contributed by atoms with Crippen molar-refractivity contribution in [2.45, 2.75) is 19.3 Å². The molecule has 0 spiro atoms. The molecule has 1 aliphatic heterocycles. The van der Waals surface area contributed by atoms with Crippen LogP contribution in [0.2, 0.25) is 0 Å². The maximum absolute atomic E-state index is 13.6. The highest BCUT2D eigenvalue weighted by atomic mass is 16.2. The van der Waals surface area contributed by atoms with Gasteiger partial charge in [0.1, 0.15) is 0 Å². The Bertz CT molecular complexity index is 1330. The molecule has 1 saturated heterocycles. The summed E-state index contributed by atoms with van der Waals surface area (Å²) in [5.74, 6) is 0.282. The van der Waals surface area contributed by atoms with Gasteiger partial charge in [-0.1, -0.05) is 90.5 Å². The molecule has 1 atom stereocenters. The second-order valence-corrected chi connectivity index (χ2v) is 9.87. The van der Waals surface area contributed by atoms with Gasteiger partial charge in [-0.05, 0) is 29.7 Å². The molecule has 36 heavy (non-hydrogen) atoms. The highest BCUT2D eigenvalue weighted by Crippen LogP contribution is 2.35. The number of para-hydroxylation sites is 1. The van der Waals surface area contributed by atoms with E-state index in [1.165, 1.54) is 33.2 Å². The summed E-state index contributed by atoms with van der Waals surface area (Å²) < 4.78 is 2.18. The Morgan fingerprint density at radius 3 is 2.33 bits per heavy atom. The largest absolute Gasteiger partial charge is 0.350 e. The van der Waals surface area contributed by atoms with Crippen LogP contribution >= 0.6 is 0 Å². The summed E-state index contributed by atoms with van der Waals surface area (Å²) in [6.45, 7) is 6.42. The monoisotopic (exact) mass is 477 g/mol. The minimum atomic E-state index is 0.0380. The van der Waals surface area contributed by atoms with Crippen molar-refractivity contribution >= 4 is 22.9 Å². The van der Waals surface area contributed by atoms with E-state index in [4.69, 9.17) is 0 Å². The van der Waals surface area contributed by atoms with Crippen LogP contribution in [0.3, 0.4) is 0 Å². The Morgan fingerprint density at radius 1 is 0.889 bits per heavy atom. The number of aromatic nitrogens is 1. The van der Waals surface area contributed by atoms with Gasteiger partial charge in [0.15, 0.2) is 0 Å². The molecule has 1 fully saturated rings. The SMILES string of the molecule is Cc1ccc(C(CC(=O)N2CCN(C/C=C/c3ccccc3)CC2)c2cn(C)c3ccccc23)cc1. The molecule has 0 bridgehead atoms. The van der Waals surface area contributed by atoms with Crippen molar-refractivity contribution in [1.29, 1.82) is 0 Å². The van der Waals surface area contributed by atoms with Crippen LogP contribution in [0, 0.1) is 6.92 Å². The second kappa shape index (κ2) is 11.0. The zero-order chi connectivity index (χ0) is 24.9. The highest BCUT2D eigenvalue weighted by Gasteiger charge is 2.27. The van der Waals surface area contributed by atoms with E-state index >= 15 is 0 Å². The predicted molar refractivity (Wildman–Crippen MR) is 149 cm³/mol. The third-order valence-corrected chi connectivity index (χ3v) is 7.36. The van der Waals surface area contributed by atoms with Crippen LogP contribution in [0.5, 0.6) is 0 Å². The van der Waals surface area contributed by atoms with Crippen LogP contribution in [0.4, 0.5) is 0 Å². The van der Waals surface area contributed by atoms with Gasteiger partial charge < -0.3 is 9.47 Å². The fraction of sp³-hybridized carbons (Fsp3) is 0.281. The smallest absolute Gasteiger partial charge is 0.223 e. The number of carbonyl (C=O) groups excluding carboxylic acids is 1. The molecule has 0 aliphatic carbocycles. The topological polar surface area (TPSA) is 28.5 Å². The van der Waals surface area contributed by atoms with E-state index in [1.807, 2.05) is 6.07 Å². The number of rotatable bonds is 7. The average molecular weight is 478 g/mol. The van der Waals surface area contributed by atoms with Gasteiger partial charge in [-0.2, -0.15) is 0 Å². The molecule has 4 aromatic rings. The number of benzene rings is 3. The van der Waals surface area contributed by atoms with Crippen molar-refractivity contribution in [2.24, 2.45) is 7.05 Å². The van der Waals surface area contributed by atoms with E-state index in [9.17, 15) is 4.79 Å². The van der Waals surface area contributed by atoms with Crippen molar-refractivity contribution in [3.63, 3.8) is 0 Å². The maximum Gasteiger partial charge on any atom is 0.223 e. The second-order valence-electron chi connectivity index (χ2n) is 9.87. The number of fused-ring (bicyclic) bond motifs is 1. The van der Waals surface area contributed by atoms with Crippen LogP contribution < -0.4 is 0 Å². The standard InChI is InChI=1S/C32H35N3O/c1-25-14-16-27(17-15-25)29(30-24-33(2)31-13-7-6-12-28(30)31)23-32(36)35-21-19-34(20-22-35)18-8-11-26-9-4-3-5-10-26/h3-17,24,29H,18-23H2,1-2H3/b11-8+. The summed E-state index contributed by atoms with van der Waals surface area (Å²) in [5.41, 5.74) is 6.10.